The van der Waals surface area contributed by atoms with Gasteiger partial charge in [0.2, 0.25) is 0 Å². The first-order valence-electron chi connectivity index (χ1n) is 10.3. The normalized spacial score (nSPS) is 21.0. The predicted molar refractivity (Wildman–Crippen MR) is 109 cm³/mol. The fourth-order valence-electron chi connectivity index (χ4n) is 3.73. The number of amides is 1. The van der Waals surface area contributed by atoms with Crippen LogP contribution in [0.5, 0.6) is 0 Å². The van der Waals surface area contributed by atoms with E-state index in [0.717, 1.165) is 32.1 Å². The van der Waals surface area contributed by atoms with Gasteiger partial charge >= 0.3 is 6.09 Å². The zero-order valence-corrected chi connectivity index (χ0v) is 17.3. The van der Waals surface area contributed by atoms with Crippen LogP contribution in [0.3, 0.4) is 0 Å². The van der Waals surface area contributed by atoms with E-state index >= 15 is 0 Å². The van der Waals surface area contributed by atoms with Crippen molar-refractivity contribution in [2.45, 2.75) is 64.6 Å². The number of nitrogens with two attached hydrogens (primary N) is 1. The Balaban J connectivity index is 1.64. The number of carbonyl (C=O) groups excluding carboxylic acids is 1. The molecule has 2 fully saturated rings. The molecule has 1 saturated carbocycles. The minimum Gasteiger partial charge on any atom is -0.444 e. The Morgan fingerprint density at radius 2 is 1.67 bits per heavy atom. The van der Waals surface area contributed by atoms with Crippen molar-refractivity contribution in [2.24, 2.45) is 11.7 Å². The lowest BCUT2D eigenvalue weighted by molar-refractivity contribution is 0.00942. The Morgan fingerprint density at radius 1 is 1.11 bits per heavy atom. The van der Waals surface area contributed by atoms with E-state index in [-0.39, 0.29) is 12.1 Å². The van der Waals surface area contributed by atoms with Crippen LogP contribution in [0.1, 0.15) is 70.2 Å². The number of ether oxygens (including phenoxy) is 1. The molecule has 2 aliphatic rings. The molecular weight excluding hydrogens is 338 g/mol. The number of carbonyl (C=O) groups is 1. The van der Waals surface area contributed by atoms with Crippen LogP contribution < -0.4 is 5.73 Å². The monoisotopic (exact) mass is 373 g/mol. The quantitative estimate of drug-likeness (QED) is 0.844. The zero-order chi connectivity index (χ0) is 19.6. The van der Waals surface area contributed by atoms with Gasteiger partial charge in [0.1, 0.15) is 5.60 Å². The van der Waals surface area contributed by atoms with Gasteiger partial charge in [-0.1, -0.05) is 37.1 Å². The third kappa shape index (κ3) is 5.69. The minimum atomic E-state index is -0.440. The van der Waals surface area contributed by atoms with Crippen LogP contribution in [0, 0.1) is 5.92 Å². The third-order valence-electron chi connectivity index (χ3n) is 5.51. The van der Waals surface area contributed by atoms with Crippen LogP contribution in [0.4, 0.5) is 4.79 Å². The van der Waals surface area contributed by atoms with Gasteiger partial charge in [-0.25, -0.2) is 4.79 Å². The summed E-state index contributed by atoms with van der Waals surface area (Å²) in [6.07, 6.45) is 3.73. The molecule has 2 N–H and O–H groups in total. The van der Waals surface area contributed by atoms with Gasteiger partial charge in [-0.15, -0.1) is 0 Å². The largest absolute Gasteiger partial charge is 0.444 e. The standard InChI is InChI=1S/C22H35N3O2/c1-16(23)18-7-9-19(10-8-18)20(15-17-5-6-17)24-11-13-25(14-12-24)21(26)27-22(2,3)4/h7-10,16-17,20H,5-6,11-15,23H2,1-4H3. The van der Waals surface area contributed by atoms with Crippen LogP contribution in [0.2, 0.25) is 0 Å². The summed E-state index contributed by atoms with van der Waals surface area (Å²) in [7, 11) is 0. The van der Waals surface area contributed by atoms with E-state index in [4.69, 9.17) is 10.5 Å². The molecule has 0 aromatic heterocycles. The van der Waals surface area contributed by atoms with Crippen molar-refractivity contribution >= 4 is 6.09 Å². The number of hydrogen-bond donors (Lipinski definition) is 1. The van der Waals surface area contributed by atoms with Gasteiger partial charge in [0.05, 0.1) is 0 Å². The lowest BCUT2D eigenvalue weighted by atomic mass is 9.96. The molecule has 1 saturated heterocycles. The molecule has 5 heteroatoms. The highest BCUT2D eigenvalue weighted by Crippen LogP contribution is 2.40. The lowest BCUT2D eigenvalue weighted by Gasteiger charge is -2.40. The Bertz CT molecular complexity index is 624. The van der Waals surface area contributed by atoms with E-state index in [0.29, 0.717) is 6.04 Å². The van der Waals surface area contributed by atoms with E-state index in [9.17, 15) is 4.79 Å². The Kier molecular flexibility index (Phi) is 6.11. The highest BCUT2D eigenvalue weighted by molar-refractivity contribution is 5.68. The van der Waals surface area contributed by atoms with Crippen molar-refractivity contribution in [3.05, 3.63) is 35.4 Å². The van der Waals surface area contributed by atoms with Crippen molar-refractivity contribution in [3.63, 3.8) is 0 Å². The molecule has 2 atom stereocenters. The summed E-state index contributed by atoms with van der Waals surface area (Å²) in [4.78, 5) is 16.7. The molecule has 1 heterocycles. The van der Waals surface area contributed by atoms with E-state index in [1.807, 2.05) is 32.6 Å². The van der Waals surface area contributed by atoms with Crippen molar-refractivity contribution in [1.29, 1.82) is 0 Å². The lowest BCUT2D eigenvalue weighted by Crippen LogP contribution is -2.50. The molecule has 1 aromatic rings. The van der Waals surface area contributed by atoms with Gasteiger partial charge < -0.3 is 15.4 Å². The van der Waals surface area contributed by atoms with Gasteiger partial charge in [0.15, 0.2) is 0 Å². The number of rotatable bonds is 5. The smallest absolute Gasteiger partial charge is 0.410 e. The van der Waals surface area contributed by atoms with Crippen molar-refractivity contribution in [2.75, 3.05) is 26.2 Å². The molecule has 0 spiro atoms. The Hall–Kier alpha value is -1.59. The maximum atomic E-state index is 12.3. The topological polar surface area (TPSA) is 58.8 Å². The fraction of sp³-hybridized carbons (Fsp3) is 0.682. The summed E-state index contributed by atoms with van der Waals surface area (Å²) in [6, 6.07) is 9.31. The summed E-state index contributed by atoms with van der Waals surface area (Å²) in [5.41, 5.74) is 8.11. The average molecular weight is 374 g/mol. The molecule has 0 bridgehead atoms. The molecule has 150 valence electrons. The molecule has 5 nitrogen and oxygen atoms in total. The number of hydrogen-bond acceptors (Lipinski definition) is 4. The van der Waals surface area contributed by atoms with Gasteiger partial charge in [-0.3, -0.25) is 4.90 Å². The molecule has 0 radical (unpaired) electrons. The number of benzene rings is 1. The van der Waals surface area contributed by atoms with E-state index in [1.165, 1.54) is 30.4 Å². The van der Waals surface area contributed by atoms with Gasteiger partial charge in [0.25, 0.3) is 0 Å². The predicted octanol–water partition coefficient (Wildman–Crippen LogP) is 4.10. The van der Waals surface area contributed by atoms with Crippen molar-refractivity contribution < 1.29 is 9.53 Å². The molecule has 1 aromatic carbocycles. The highest BCUT2D eigenvalue weighted by atomic mass is 16.6. The molecule has 1 amide bonds. The van der Waals surface area contributed by atoms with E-state index in [1.54, 1.807) is 0 Å². The summed E-state index contributed by atoms with van der Waals surface area (Å²) in [5.74, 6) is 0.854. The second kappa shape index (κ2) is 8.19. The van der Waals surface area contributed by atoms with Crippen molar-refractivity contribution in [3.8, 4) is 0 Å². The van der Waals surface area contributed by atoms with Crippen LogP contribution in [0.15, 0.2) is 24.3 Å². The van der Waals surface area contributed by atoms with Gasteiger partial charge in [-0.05, 0) is 51.2 Å². The molecule has 2 unspecified atom stereocenters. The maximum Gasteiger partial charge on any atom is 0.410 e. The summed E-state index contributed by atoms with van der Waals surface area (Å²) >= 11 is 0. The third-order valence-corrected chi connectivity index (χ3v) is 5.51. The van der Waals surface area contributed by atoms with Gasteiger partial charge in [0, 0.05) is 38.3 Å². The first kappa shape index (κ1) is 20.2. The van der Waals surface area contributed by atoms with Gasteiger partial charge in [-0.2, -0.15) is 0 Å². The van der Waals surface area contributed by atoms with Crippen LogP contribution >= 0.6 is 0 Å². The number of nitrogens with zero attached hydrogens (tertiary/aromatic N) is 2. The van der Waals surface area contributed by atoms with E-state index < -0.39 is 5.60 Å². The molecule has 3 rings (SSSR count). The maximum absolute atomic E-state index is 12.3. The highest BCUT2D eigenvalue weighted by Gasteiger charge is 2.33. The first-order chi connectivity index (χ1) is 12.7. The SMILES string of the molecule is CC(N)c1ccc(C(CC2CC2)N2CCN(C(=O)OC(C)(C)C)CC2)cc1. The van der Waals surface area contributed by atoms with E-state index in [2.05, 4.69) is 29.2 Å². The molecule has 1 aliphatic carbocycles. The Labute approximate surface area is 163 Å². The number of piperazine rings is 1. The summed E-state index contributed by atoms with van der Waals surface area (Å²) < 4.78 is 5.52. The molecule has 27 heavy (non-hydrogen) atoms. The van der Waals surface area contributed by atoms with Crippen LogP contribution in [-0.4, -0.2) is 47.7 Å². The molecular formula is C22H35N3O2. The zero-order valence-electron chi connectivity index (χ0n) is 17.3. The second-order valence-corrected chi connectivity index (χ2v) is 9.15. The van der Waals surface area contributed by atoms with Crippen LogP contribution in [0.25, 0.3) is 0 Å². The van der Waals surface area contributed by atoms with Crippen molar-refractivity contribution in [1.82, 2.24) is 9.80 Å². The van der Waals surface area contributed by atoms with Crippen LogP contribution in [-0.2, 0) is 4.74 Å². The Morgan fingerprint density at radius 3 is 2.15 bits per heavy atom. The summed E-state index contributed by atoms with van der Waals surface area (Å²) in [5, 5.41) is 0. The minimum absolute atomic E-state index is 0.0679. The first-order valence-corrected chi connectivity index (χ1v) is 10.3. The second-order valence-electron chi connectivity index (χ2n) is 9.15. The average Bonchev–Trinajstić information content (AvgIpc) is 3.43. The fourth-order valence-corrected chi connectivity index (χ4v) is 3.73. The molecule has 1 aliphatic heterocycles. The summed E-state index contributed by atoms with van der Waals surface area (Å²) in [6.45, 7) is 11.0.